The molecule has 2 aliphatic rings. The molecule has 1 saturated heterocycles. The highest BCUT2D eigenvalue weighted by Gasteiger charge is 2.31. The fourth-order valence-corrected chi connectivity index (χ4v) is 4.12. The summed E-state index contributed by atoms with van der Waals surface area (Å²) >= 11 is 1.56. The summed E-state index contributed by atoms with van der Waals surface area (Å²) in [4.78, 5) is 16.0. The number of nitrogens with zero attached hydrogens (tertiary/aromatic N) is 1. The van der Waals surface area contributed by atoms with Gasteiger partial charge in [0, 0.05) is 17.5 Å². The number of phenolic OH excluding ortho intramolecular Hbond substituents is 1. The molecule has 3 heterocycles. The van der Waals surface area contributed by atoms with Crippen LogP contribution in [0.25, 0.3) is 6.08 Å². The Morgan fingerprint density at radius 2 is 1.96 bits per heavy atom. The van der Waals surface area contributed by atoms with Crippen LogP contribution in [0.1, 0.15) is 46.5 Å². The Morgan fingerprint density at radius 1 is 1.16 bits per heavy atom. The average molecular weight is 355 g/mol. The fraction of sp³-hybridized carbons (Fsp3) is 0.350. The highest BCUT2D eigenvalue weighted by molar-refractivity contribution is 7.10. The van der Waals surface area contributed by atoms with E-state index in [0.29, 0.717) is 23.6 Å². The number of carbonyl (C=O) groups is 1. The zero-order chi connectivity index (χ0) is 17.2. The van der Waals surface area contributed by atoms with Crippen LogP contribution in [-0.4, -0.2) is 28.9 Å². The number of benzene rings is 1. The number of aromatic hydroxyl groups is 1. The van der Waals surface area contributed by atoms with Gasteiger partial charge in [-0.25, -0.2) is 0 Å². The highest BCUT2D eigenvalue weighted by Crippen LogP contribution is 2.40. The number of ether oxygens (including phenoxy) is 1. The Kier molecular flexibility index (Phi) is 4.59. The summed E-state index contributed by atoms with van der Waals surface area (Å²) < 4.78 is 5.91. The summed E-state index contributed by atoms with van der Waals surface area (Å²) in [5.41, 5.74) is 1.27. The number of hydrogen-bond acceptors (Lipinski definition) is 5. The van der Waals surface area contributed by atoms with Crippen molar-refractivity contribution in [1.29, 1.82) is 0 Å². The van der Waals surface area contributed by atoms with E-state index in [1.807, 2.05) is 17.5 Å². The molecule has 0 aliphatic carbocycles. The minimum atomic E-state index is -0.111. The largest absolute Gasteiger partial charge is 0.507 e. The molecule has 1 N–H and O–H groups in total. The summed E-state index contributed by atoms with van der Waals surface area (Å²) in [6.07, 6.45) is 6.66. The van der Waals surface area contributed by atoms with Gasteiger partial charge in [0.25, 0.3) is 0 Å². The molecule has 1 aromatic heterocycles. The lowest BCUT2D eigenvalue weighted by Gasteiger charge is -2.21. The minimum absolute atomic E-state index is 0.111. The van der Waals surface area contributed by atoms with Crippen molar-refractivity contribution in [3.8, 4) is 11.5 Å². The van der Waals surface area contributed by atoms with Gasteiger partial charge < -0.3 is 9.84 Å². The zero-order valence-electron chi connectivity index (χ0n) is 14.0. The van der Waals surface area contributed by atoms with Crippen LogP contribution in [0, 0.1) is 0 Å². The number of fused-ring (bicyclic) bond motifs is 1. The van der Waals surface area contributed by atoms with Gasteiger partial charge in [-0.15, -0.1) is 11.3 Å². The number of hydrogen-bond donors (Lipinski definition) is 1. The Morgan fingerprint density at radius 3 is 2.68 bits per heavy atom. The van der Waals surface area contributed by atoms with Crippen LogP contribution in [0.2, 0.25) is 0 Å². The first-order valence-electron chi connectivity index (χ1n) is 8.77. The van der Waals surface area contributed by atoms with Gasteiger partial charge in [0.2, 0.25) is 5.78 Å². The van der Waals surface area contributed by atoms with Crippen molar-refractivity contribution >= 4 is 23.2 Å². The number of carbonyl (C=O) groups excluding carboxylic acids is 1. The SMILES string of the molecule is O=C1/C(=C\c2cccs2)Oc2c1ccc(O)c2CN1CCCCCC1. The summed E-state index contributed by atoms with van der Waals surface area (Å²) in [6.45, 7) is 2.67. The standard InChI is InChI=1S/C20H21NO3S/c22-17-8-7-15-19(23)18(12-14-6-5-11-25-14)24-20(15)16(17)13-21-9-3-1-2-4-10-21/h5-8,11-12,22H,1-4,9-10,13H2/b18-12+. The Bertz CT molecular complexity index is 803. The number of thiophene rings is 1. The van der Waals surface area contributed by atoms with Crippen LogP contribution < -0.4 is 4.74 Å². The first-order chi connectivity index (χ1) is 12.2. The quantitative estimate of drug-likeness (QED) is 0.827. The van der Waals surface area contributed by atoms with Crippen molar-refractivity contribution < 1.29 is 14.6 Å². The topological polar surface area (TPSA) is 49.8 Å². The Balaban J connectivity index is 1.64. The molecule has 130 valence electrons. The number of phenols is 1. The van der Waals surface area contributed by atoms with Crippen LogP contribution in [0.3, 0.4) is 0 Å². The monoisotopic (exact) mass is 355 g/mol. The lowest BCUT2D eigenvalue weighted by atomic mass is 10.0. The van der Waals surface area contributed by atoms with Gasteiger partial charge in [-0.3, -0.25) is 9.69 Å². The number of likely N-dealkylation sites (tertiary alicyclic amines) is 1. The molecule has 0 saturated carbocycles. The third-order valence-corrected chi connectivity index (χ3v) is 5.63. The van der Waals surface area contributed by atoms with Crippen LogP contribution in [0.15, 0.2) is 35.4 Å². The molecule has 0 spiro atoms. The van der Waals surface area contributed by atoms with E-state index in [-0.39, 0.29) is 11.5 Å². The van der Waals surface area contributed by atoms with Gasteiger partial charge in [-0.2, -0.15) is 0 Å². The molecule has 2 aromatic rings. The summed E-state index contributed by atoms with van der Waals surface area (Å²) in [7, 11) is 0. The van der Waals surface area contributed by atoms with Crippen LogP contribution in [0.4, 0.5) is 0 Å². The van der Waals surface area contributed by atoms with Crippen LogP contribution in [-0.2, 0) is 6.54 Å². The second kappa shape index (κ2) is 7.02. The van der Waals surface area contributed by atoms with E-state index in [4.69, 9.17) is 4.74 Å². The van der Waals surface area contributed by atoms with Gasteiger partial charge in [0.1, 0.15) is 11.5 Å². The van der Waals surface area contributed by atoms with Gasteiger partial charge in [0.05, 0.1) is 11.1 Å². The summed E-state index contributed by atoms with van der Waals surface area (Å²) in [5.74, 6) is 0.950. The van der Waals surface area contributed by atoms with Crippen molar-refractivity contribution in [2.75, 3.05) is 13.1 Å². The van der Waals surface area contributed by atoms with E-state index in [9.17, 15) is 9.90 Å². The van der Waals surface area contributed by atoms with Crippen molar-refractivity contribution in [3.05, 3.63) is 51.4 Å². The van der Waals surface area contributed by atoms with Gasteiger partial charge >= 0.3 is 0 Å². The number of rotatable bonds is 3. The molecule has 2 aliphatic heterocycles. The molecule has 0 atom stereocenters. The maximum atomic E-state index is 12.6. The molecule has 1 fully saturated rings. The molecule has 0 amide bonds. The highest BCUT2D eigenvalue weighted by atomic mass is 32.1. The number of ketones is 1. The lowest BCUT2D eigenvalue weighted by Crippen LogP contribution is -2.24. The molecule has 25 heavy (non-hydrogen) atoms. The van der Waals surface area contributed by atoms with E-state index in [2.05, 4.69) is 4.90 Å². The van der Waals surface area contributed by atoms with E-state index in [1.165, 1.54) is 25.7 Å². The predicted octanol–water partition coefficient (Wildman–Crippen LogP) is 4.45. The average Bonchev–Trinajstić information content (AvgIpc) is 3.13. The van der Waals surface area contributed by atoms with Crippen molar-refractivity contribution in [3.63, 3.8) is 0 Å². The van der Waals surface area contributed by atoms with Gasteiger partial charge in [-0.1, -0.05) is 18.9 Å². The van der Waals surface area contributed by atoms with Crippen molar-refractivity contribution in [2.45, 2.75) is 32.2 Å². The third kappa shape index (κ3) is 3.34. The number of allylic oxidation sites excluding steroid dienone is 1. The first-order valence-corrected chi connectivity index (χ1v) is 9.65. The van der Waals surface area contributed by atoms with Gasteiger partial charge in [0.15, 0.2) is 5.76 Å². The normalized spacial score (nSPS) is 19.7. The third-order valence-electron chi connectivity index (χ3n) is 4.81. The molecule has 1 aromatic carbocycles. The smallest absolute Gasteiger partial charge is 0.232 e. The van der Waals surface area contributed by atoms with Crippen LogP contribution in [0.5, 0.6) is 11.5 Å². The maximum absolute atomic E-state index is 12.6. The van der Waals surface area contributed by atoms with E-state index in [1.54, 1.807) is 29.5 Å². The fourth-order valence-electron chi connectivity index (χ4n) is 3.47. The predicted molar refractivity (Wildman–Crippen MR) is 99.1 cm³/mol. The van der Waals surface area contributed by atoms with Crippen molar-refractivity contribution in [1.82, 2.24) is 4.90 Å². The molecule has 4 rings (SSSR count). The summed E-state index contributed by atoms with van der Waals surface area (Å²) in [5, 5.41) is 12.3. The van der Waals surface area contributed by atoms with E-state index < -0.39 is 0 Å². The second-order valence-electron chi connectivity index (χ2n) is 6.59. The zero-order valence-corrected chi connectivity index (χ0v) is 14.8. The Hall–Kier alpha value is -2.11. The Labute approximate surface area is 151 Å². The molecular formula is C20H21NO3S. The number of Topliss-reactive ketones (excluding diaryl/α,β-unsaturated/α-hetero) is 1. The first kappa shape index (κ1) is 16.4. The lowest BCUT2D eigenvalue weighted by molar-refractivity contribution is 0.101. The molecule has 5 heteroatoms. The molecule has 0 unspecified atom stereocenters. The second-order valence-corrected chi connectivity index (χ2v) is 7.56. The van der Waals surface area contributed by atoms with E-state index >= 15 is 0 Å². The molecule has 0 radical (unpaired) electrons. The maximum Gasteiger partial charge on any atom is 0.232 e. The molecule has 4 nitrogen and oxygen atoms in total. The minimum Gasteiger partial charge on any atom is -0.507 e. The molecular weight excluding hydrogens is 334 g/mol. The van der Waals surface area contributed by atoms with Crippen LogP contribution >= 0.6 is 11.3 Å². The van der Waals surface area contributed by atoms with E-state index in [0.717, 1.165) is 23.5 Å². The molecule has 0 bridgehead atoms. The summed E-state index contributed by atoms with van der Waals surface area (Å²) in [6, 6.07) is 7.17. The van der Waals surface area contributed by atoms with Gasteiger partial charge in [-0.05, 0) is 49.5 Å². The van der Waals surface area contributed by atoms with Crippen molar-refractivity contribution in [2.24, 2.45) is 0 Å².